The van der Waals surface area contributed by atoms with Crippen LogP contribution in [0.1, 0.15) is 58.2 Å². The number of carbonyl (C=O) groups excluding carboxylic acids is 1. The maximum Gasteiger partial charge on any atom is 0.415 e. The van der Waals surface area contributed by atoms with Crippen molar-refractivity contribution in [2.45, 2.75) is 64.1 Å². The van der Waals surface area contributed by atoms with Gasteiger partial charge in [-0.15, -0.1) is 0 Å². The zero-order valence-corrected chi connectivity index (χ0v) is 19.6. The molecule has 1 aliphatic carbocycles. The SMILES string of the molecule is CN(C(=O)OC(C)(C)C)c1cc(=O)n(-c2ccc(Cl)nc2)c(C2CCC(C(F)(F)F)CC2)n1. The van der Waals surface area contributed by atoms with Crippen LogP contribution in [-0.2, 0) is 4.74 Å². The Morgan fingerprint density at radius 2 is 1.82 bits per heavy atom. The second-order valence-electron chi connectivity index (χ2n) is 9.11. The number of ether oxygens (including phenoxy) is 1. The van der Waals surface area contributed by atoms with Crippen molar-refractivity contribution in [1.82, 2.24) is 14.5 Å². The summed E-state index contributed by atoms with van der Waals surface area (Å²) in [7, 11) is 1.42. The maximum atomic E-state index is 13.2. The molecule has 0 atom stereocenters. The molecule has 33 heavy (non-hydrogen) atoms. The van der Waals surface area contributed by atoms with Crippen molar-refractivity contribution < 1.29 is 22.7 Å². The molecule has 2 aromatic heterocycles. The van der Waals surface area contributed by atoms with Gasteiger partial charge in [0.2, 0.25) is 0 Å². The Hall–Kier alpha value is -2.62. The van der Waals surface area contributed by atoms with E-state index >= 15 is 0 Å². The lowest BCUT2D eigenvalue weighted by Gasteiger charge is -2.31. The van der Waals surface area contributed by atoms with Gasteiger partial charge >= 0.3 is 12.3 Å². The summed E-state index contributed by atoms with van der Waals surface area (Å²) in [4.78, 5) is 35.3. The third-order valence-corrected chi connectivity index (χ3v) is 5.69. The molecular formula is C22H26ClF3N4O3. The van der Waals surface area contributed by atoms with Gasteiger partial charge in [0.1, 0.15) is 22.4 Å². The van der Waals surface area contributed by atoms with Crippen LogP contribution in [0.2, 0.25) is 5.15 Å². The molecule has 7 nitrogen and oxygen atoms in total. The average molecular weight is 487 g/mol. The zero-order chi connectivity index (χ0) is 24.6. The van der Waals surface area contributed by atoms with Crippen LogP contribution in [-0.4, -0.2) is 39.5 Å². The molecule has 0 aliphatic heterocycles. The normalized spacial score (nSPS) is 19.3. The molecule has 180 valence electrons. The maximum absolute atomic E-state index is 13.2. The standard InChI is InChI=1S/C22H26ClF3N4O3/c1-21(2,3)33-20(32)29(4)17-11-18(31)30(15-9-10-16(23)27-12-15)19(28-17)13-5-7-14(8-6-13)22(24,25)26/h9-14H,5-8H2,1-4H3. The third kappa shape index (κ3) is 6.04. The predicted octanol–water partition coefficient (Wildman–Crippen LogP) is 5.49. The smallest absolute Gasteiger partial charge is 0.415 e. The first-order chi connectivity index (χ1) is 15.3. The highest BCUT2D eigenvalue weighted by molar-refractivity contribution is 6.29. The number of pyridine rings is 1. The minimum absolute atomic E-state index is 0.0559. The van der Waals surface area contributed by atoms with Crippen molar-refractivity contribution in [2.24, 2.45) is 5.92 Å². The van der Waals surface area contributed by atoms with Crippen molar-refractivity contribution in [1.29, 1.82) is 0 Å². The highest BCUT2D eigenvalue weighted by Gasteiger charge is 2.42. The topological polar surface area (TPSA) is 77.3 Å². The Balaban J connectivity index is 2.03. The van der Waals surface area contributed by atoms with Gasteiger partial charge in [-0.2, -0.15) is 13.2 Å². The van der Waals surface area contributed by atoms with E-state index in [0.717, 1.165) is 4.90 Å². The van der Waals surface area contributed by atoms with E-state index in [1.807, 2.05) is 0 Å². The lowest BCUT2D eigenvalue weighted by Crippen LogP contribution is -2.37. The molecule has 0 radical (unpaired) electrons. The van der Waals surface area contributed by atoms with E-state index in [1.54, 1.807) is 26.8 Å². The fourth-order valence-electron chi connectivity index (χ4n) is 3.80. The van der Waals surface area contributed by atoms with Gasteiger partial charge in [-0.1, -0.05) is 11.6 Å². The van der Waals surface area contributed by atoms with Crippen LogP contribution in [0.4, 0.5) is 23.8 Å². The first-order valence-corrected chi connectivity index (χ1v) is 10.9. The molecule has 3 rings (SSSR count). The lowest BCUT2D eigenvalue weighted by atomic mass is 9.81. The Labute approximate surface area is 194 Å². The number of hydrogen-bond acceptors (Lipinski definition) is 5. The van der Waals surface area contributed by atoms with Gasteiger partial charge in [-0.05, 0) is 58.6 Å². The first-order valence-electron chi connectivity index (χ1n) is 10.6. The molecule has 0 N–H and O–H groups in total. The lowest BCUT2D eigenvalue weighted by molar-refractivity contribution is -0.182. The Morgan fingerprint density at radius 3 is 2.33 bits per heavy atom. The van der Waals surface area contributed by atoms with Crippen molar-refractivity contribution >= 4 is 23.5 Å². The molecule has 2 aromatic rings. The summed E-state index contributed by atoms with van der Waals surface area (Å²) in [6, 6.07) is 4.28. The fraction of sp³-hybridized carbons (Fsp3) is 0.545. The van der Waals surface area contributed by atoms with E-state index in [1.165, 1.54) is 29.9 Å². The summed E-state index contributed by atoms with van der Waals surface area (Å²) >= 11 is 5.86. The monoisotopic (exact) mass is 486 g/mol. The van der Waals surface area contributed by atoms with Crippen LogP contribution in [0.3, 0.4) is 0 Å². The van der Waals surface area contributed by atoms with Gasteiger partial charge in [0.15, 0.2) is 0 Å². The molecule has 0 saturated heterocycles. The van der Waals surface area contributed by atoms with Crippen LogP contribution >= 0.6 is 11.6 Å². The van der Waals surface area contributed by atoms with Crippen LogP contribution in [0.25, 0.3) is 5.69 Å². The number of anilines is 1. The van der Waals surface area contributed by atoms with Crippen LogP contribution in [0.5, 0.6) is 0 Å². The molecule has 0 aromatic carbocycles. The van der Waals surface area contributed by atoms with Gasteiger partial charge in [0.05, 0.1) is 17.8 Å². The second-order valence-corrected chi connectivity index (χ2v) is 9.50. The van der Waals surface area contributed by atoms with Crippen molar-refractivity contribution in [3.8, 4) is 5.69 Å². The quantitative estimate of drug-likeness (QED) is 0.536. The Bertz CT molecular complexity index is 1060. The molecule has 11 heteroatoms. The predicted molar refractivity (Wildman–Crippen MR) is 118 cm³/mol. The Morgan fingerprint density at radius 1 is 1.18 bits per heavy atom. The van der Waals surface area contributed by atoms with Crippen molar-refractivity contribution in [2.75, 3.05) is 11.9 Å². The van der Waals surface area contributed by atoms with E-state index in [-0.39, 0.29) is 42.5 Å². The van der Waals surface area contributed by atoms with Gasteiger partial charge in [-0.3, -0.25) is 14.3 Å². The average Bonchev–Trinajstić information content (AvgIpc) is 2.71. The molecule has 0 bridgehead atoms. The summed E-state index contributed by atoms with van der Waals surface area (Å²) in [5.74, 6) is -1.45. The number of alkyl halides is 3. The zero-order valence-electron chi connectivity index (χ0n) is 18.8. The minimum atomic E-state index is -4.25. The summed E-state index contributed by atoms with van der Waals surface area (Å²) in [6.07, 6.45) is -3.27. The number of hydrogen-bond donors (Lipinski definition) is 0. The molecule has 1 amide bonds. The third-order valence-electron chi connectivity index (χ3n) is 5.47. The van der Waals surface area contributed by atoms with Crippen LogP contribution < -0.4 is 10.5 Å². The number of halogens is 4. The fourth-order valence-corrected chi connectivity index (χ4v) is 3.91. The first kappa shape index (κ1) is 25.0. The molecule has 1 saturated carbocycles. The number of rotatable bonds is 3. The summed E-state index contributed by atoms with van der Waals surface area (Å²) in [5, 5.41) is 0.230. The Kier molecular flexibility index (Phi) is 7.07. The van der Waals surface area contributed by atoms with Crippen LogP contribution in [0.15, 0.2) is 29.2 Å². The van der Waals surface area contributed by atoms with Gasteiger partial charge in [-0.25, -0.2) is 14.8 Å². The van der Waals surface area contributed by atoms with E-state index in [2.05, 4.69) is 9.97 Å². The van der Waals surface area contributed by atoms with E-state index in [0.29, 0.717) is 5.69 Å². The van der Waals surface area contributed by atoms with Gasteiger partial charge < -0.3 is 4.74 Å². The van der Waals surface area contributed by atoms with Gasteiger partial charge in [0, 0.05) is 19.0 Å². The molecule has 0 spiro atoms. The van der Waals surface area contributed by atoms with E-state index in [4.69, 9.17) is 16.3 Å². The summed E-state index contributed by atoms with van der Waals surface area (Å²) in [6.45, 7) is 5.13. The molecular weight excluding hydrogens is 461 g/mol. The number of nitrogens with zero attached hydrogens (tertiary/aromatic N) is 4. The summed E-state index contributed by atoms with van der Waals surface area (Å²) < 4.78 is 46.1. The molecule has 1 fully saturated rings. The second kappa shape index (κ2) is 9.32. The largest absolute Gasteiger partial charge is 0.443 e. The molecule has 1 aliphatic rings. The van der Waals surface area contributed by atoms with E-state index < -0.39 is 35.3 Å². The van der Waals surface area contributed by atoms with Crippen molar-refractivity contribution in [3.63, 3.8) is 0 Å². The van der Waals surface area contributed by atoms with E-state index in [9.17, 15) is 22.8 Å². The number of carbonyl (C=O) groups is 1. The van der Waals surface area contributed by atoms with Crippen molar-refractivity contribution in [3.05, 3.63) is 45.7 Å². The number of amides is 1. The highest BCUT2D eigenvalue weighted by Crippen LogP contribution is 2.42. The highest BCUT2D eigenvalue weighted by atomic mass is 35.5. The summed E-state index contributed by atoms with van der Waals surface area (Å²) in [5.41, 5.74) is -0.863. The van der Waals surface area contributed by atoms with Gasteiger partial charge in [0.25, 0.3) is 5.56 Å². The van der Waals surface area contributed by atoms with Crippen LogP contribution in [0, 0.1) is 5.92 Å². The molecule has 2 heterocycles. The minimum Gasteiger partial charge on any atom is -0.443 e. The molecule has 0 unspecified atom stereocenters. The number of aromatic nitrogens is 3.